The normalized spacial score (nSPS) is 11.4. The third-order valence-corrected chi connectivity index (χ3v) is 8.48. The molecule has 1 heteroatoms. The molecule has 0 spiro atoms. The fourth-order valence-corrected chi connectivity index (χ4v) is 5.89. The van der Waals surface area contributed by atoms with Gasteiger partial charge in [-0.1, -0.05) is 199 Å². The number of phenols is 1. The second-order valence-electron chi connectivity index (χ2n) is 12.3. The Morgan fingerprint density at radius 3 is 0.974 bits per heavy atom. The quantitative estimate of drug-likeness (QED) is 0.0984. The molecule has 1 rings (SSSR count). The Balaban J connectivity index is 1.64. The molecule has 0 saturated carbocycles. The molecule has 38 heavy (non-hydrogen) atoms. The molecule has 0 radical (unpaired) electrons. The minimum atomic E-state index is 0.401. The van der Waals surface area contributed by atoms with Crippen LogP contribution in [0.1, 0.15) is 199 Å². The largest absolute Gasteiger partial charge is 0.508 e. The van der Waals surface area contributed by atoms with Crippen LogP contribution in [0.15, 0.2) is 24.3 Å². The van der Waals surface area contributed by atoms with Crippen molar-refractivity contribution in [2.24, 2.45) is 0 Å². The Morgan fingerprint density at radius 2 is 0.684 bits per heavy atom. The van der Waals surface area contributed by atoms with Gasteiger partial charge in [-0.05, 0) is 30.5 Å². The summed E-state index contributed by atoms with van der Waals surface area (Å²) in [6.45, 7) is 2.30. The monoisotopic (exact) mass is 529 g/mol. The highest BCUT2D eigenvalue weighted by molar-refractivity contribution is 5.27. The van der Waals surface area contributed by atoms with Gasteiger partial charge in [-0.3, -0.25) is 0 Å². The number of aryl methyl sites for hydroxylation is 1. The summed E-state index contributed by atoms with van der Waals surface area (Å²) < 4.78 is 0. The Hall–Kier alpha value is -0.980. The summed E-state index contributed by atoms with van der Waals surface area (Å²) in [5.41, 5.74) is 1.27. The van der Waals surface area contributed by atoms with Gasteiger partial charge in [-0.2, -0.15) is 0 Å². The maximum Gasteiger partial charge on any atom is 0.115 e. The molecule has 0 atom stereocenters. The van der Waals surface area contributed by atoms with Crippen LogP contribution in [0.5, 0.6) is 5.75 Å². The van der Waals surface area contributed by atoms with Crippen molar-refractivity contribution in [2.75, 3.05) is 0 Å². The number of rotatable bonds is 30. The molecule has 0 amide bonds. The summed E-state index contributed by atoms with van der Waals surface area (Å²) in [6.07, 6.45) is 43.1. The third-order valence-electron chi connectivity index (χ3n) is 8.48. The van der Waals surface area contributed by atoms with Crippen molar-refractivity contribution < 1.29 is 5.11 Å². The molecule has 222 valence electrons. The molecule has 0 saturated heterocycles. The molecule has 0 aliphatic heterocycles. The lowest BCUT2D eigenvalue weighted by atomic mass is 10.0. The van der Waals surface area contributed by atoms with Crippen LogP contribution in [0.4, 0.5) is 0 Å². The van der Waals surface area contributed by atoms with Crippen molar-refractivity contribution >= 4 is 0 Å². The Kier molecular flexibility index (Phi) is 26.8. The van der Waals surface area contributed by atoms with Crippen molar-refractivity contribution in [2.45, 2.75) is 200 Å². The van der Waals surface area contributed by atoms with Gasteiger partial charge in [0.05, 0.1) is 0 Å². The van der Waals surface area contributed by atoms with Crippen LogP contribution < -0.4 is 0 Å². The summed E-state index contributed by atoms with van der Waals surface area (Å²) in [4.78, 5) is 0. The molecular weight excluding hydrogens is 460 g/mol. The summed E-state index contributed by atoms with van der Waals surface area (Å²) in [5.74, 6) is 0.401. The SMILES string of the molecule is CCCCCCCCCCCCCCCCCCCCCCCCCCCCCCCc1cccc(O)c1. The van der Waals surface area contributed by atoms with E-state index in [0.717, 1.165) is 6.42 Å². The Labute approximate surface area is 240 Å². The van der Waals surface area contributed by atoms with E-state index in [2.05, 4.69) is 13.0 Å². The van der Waals surface area contributed by atoms with Crippen LogP contribution in [0, 0.1) is 0 Å². The van der Waals surface area contributed by atoms with Crippen LogP contribution >= 0.6 is 0 Å². The topological polar surface area (TPSA) is 20.2 Å². The molecule has 0 bridgehead atoms. The first-order valence-electron chi connectivity index (χ1n) is 17.6. The van der Waals surface area contributed by atoms with Gasteiger partial charge in [0.15, 0.2) is 0 Å². The van der Waals surface area contributed by atoms with Crippen molar-refractivity contribution in [1.29, 1.82) is 0 Å². The molecule has 0 unspecified atom stereocenters. The number of phenolic OH excluding ortho intramolecular Hbond substituents is 1. The summed E-state index contributed by atoms with van der Waals surface area (Å²) >= 11 is 0. The van der Waals surface area contributed by atoms with Gasteiger partial charge in [-0.25, -0.2) is 0 Å². The van der Waals surface area contributed by atoms with Crippen LogP contribution in [0.2, 0.25) is 0 Å². The minimum Gasteiger partial charge on any atom is -0.508 e. The molecule has 0 heterocycles. The van der Waals surface area contributed by atoms with E-state index < -0.39 is 0 Å². The first-order chi connectivity index (χ1) is 18.8. The highest BCUT2D eigenvalue weighted by atomic mass is 16.3. The molecule has 0 aliphatic rings. The zero-order valence-corrected chi connectivity index (χ0v) is 26.0. The fourth-order valence-electron chi connectivity index (χ4n) is 5.89. The lowest BCUT2D eigenvalue weighted by molar-refractivity contribution is 0.474. The van der Waals surface area contributed by atoms with E-state index >= 15 is 0 Å². The maximum absolute atomic E-state index is 9.52. The lowest BCUT2D eigenvalue weighted by Gasteiger charge is -2.05. The second-order valence-corrected chi connectivity index (χ2v) is 12.3. The highest BCUT2D eigenvalue weighted by Crippen LogP contribution is 2.17. The van der Waals surface area contributed by atoms with Crippen LogP contribution in [0.25, 0.3) is 0 Å². The van der Waals surface area contributed by atoms with Crippen LogP contribution in [-0.2, 0) is 6.42 Å². The Bertz CT molecular complexity index is 580. The Morgan fingerprint density at radius 1 is 0.395 bits per heavy atom. The van der Waals surface area contributed by atoms with Crippen LogP contribution in [-0.4, -0.2) is 5.11 Å². The van der Waals surface area contributed by atoms with Gasteiger partial charge in [0, 0.05) is 0 Å². The van der Waals surface area contributed by atoms with Gasteiger partial charge in [-0.15, -0.1) is 0 Å². The summed E-state index contributed by atoms with van der Waals surface area (Å²) in [6, 6.07) is 7.74. The van der Waals surface area contributed by atoms with Crippen LogP contribution in [0.3, 0.4) is 0 Å². The van der Waals surface area contributed by atoms with E-state index in [1.807, 2.05) is 12.1 Å². The number of aromatic hydroxyl groups is 1. The second kappa shape index (κ2) is 29.0. The van der Waals surface area contributed by atoms with Gasteiger partial charge < -0.3 is 5.11 Å². The molecule has 1 aromatic rings. The van der Waals surface area contributed by atoms with E-state index in [1.54, 1.807) is 6.07 Å². The van der Waals surface area contributed by atoms with Gasteiger partial charge in [0.2, 0.25) is 0 Å². The maximum atomic E-state index is 9.52. The summed E-state index contributed by atoms with van der Waals surface area (Å²) in [7, 11) is 0. The standard InChI is InChI=1S/C37H68O/c1-2-3-4-5-6-7-8-9-10-11-12-13-14-15-16-17-18-19-20-21-22-23-24-25-26-27-28-29-30-32-36-33-31-34-37(38)35-36/h31,33-35,38H,2-30,32H2,1H3. The molecule has 0 aliphatic carbocycles. The van der Waals surface area contributed by atoms with Gasteiger partial charge >= 0.3 is 0 Å². The average molecular weight is 529 g/mol. The number of benzene rings is 1. The van der Waals surface area contributed by atoms with Gasteiger partial charge in [0.25, 0.3) is 0 Å². The number of unbranched alkanes of at least 4 members (excludes halogenated alkanes) is 28. The van der Waals surface area contributed by atoms with Gasteiger partial charge in [0.1, 0.15) is 5.75 Å². The average Bonchev–Trinajstić information content (AvgIpc) is 2.92. The van der Waals surface area contributed by atoms with Crippen molar-refractivity contribution in [3.05, 3.63) is 29.8 Å². The summed E-state index contributed by atoms with van der Waals surface area (Å²) in [5, 5.41) is 9.52. The molecule has 1 nitrogen and oxygen atoms in total. The first-order valence-corrected chi connectivity index (χ1v) is 17.6. The number of hydrogen-bond donors (Lipinski definition) is 1. The van der Waals surface area contributed by atoms with E-state index in [0.29, 0.717) is 5.75 Å². The van der Waals surface area contributed by atoms with Crippen molar-refractivity contribution in [3.8, 4) is 5.75 Å². The molecule has 0 aromatic heterocycles. The zero-order valence-electron chi connectivity index (χ0n) is 26.0. The van der Waals surface area contributed by atoms with E-state index in [9.17, 15) is 5.11 Å². The highest BCUT2D eigenvalue weighted by Gasteiger charge is 1.98. The van der Waals surface area contributed by atoms with Crippen molar-refractivity contribution in [1.82, 2.24) is 0 Å². The predicted molar refractivity (Wildman–Crippen MR) is 171 cm³/mol. The molecule has 0 fully saturated rings. The molecular formula is C37H68O. The molecule has 1 aromatic carbocycles. The number of hydrogen-bond acceptors (Lipinski definition) is 1. The smallest absolute Gasteiger partial charge is 0.115 e. The van der Waals surface area contributed by atoms with E-state index in [1.165, 1.54) is 192 Å². The van der Waals surface area contributed by atoms with Crippen molar-refractivity contribution in [3.63, 3.8) is 0 Å². The third kappa shape index (κ3) is 25.3. The van der Waals surface area contributed by atoms with E-state index in [-0.39, 0.29) is 0 Å². The zero-order chi connectivity index (χ0) is 27.2. The fraction of sp³-hybridized carbons (Fsp3) is 0.838. The first kappa shape index (κ1) is 35.0. The minimum absolute atomic E-state index is 0.401. The van der Waals surface area contributed by atoms with E-state index in [4.69, 9.17) is 0 Å². The predicted octanol–water partition coefficient (Wildman–Crippen LogP) is 13.3. The molecule has 1 N–H and O–H groups in total. The lowest BCUT2D eigenvalue weighted by Crippen LogP contribution is -1.86.